The second-order valence-electron chi connectivity index (χ2n) is 6.35. The maximum Gasteiger partial charge on any atom is 0.269 e. The van der Waals surface area contributed by atoms with Crippen molar-refractivity contribution < 1.29 is 19.0 Å². The smallest absolute Gasteiger partial charge is 0.269 e. The summed E-state index contributed by atoms with van der Waals surface area (Å²) in [5.74, 6) is 2.06. The molecule has 26 heavy (non-hydrogen) atoms. The molecule has 8 heteroatoms. The predicted molar refractivity (Wildman–Crippen MR) is 102 cm³/mol. The van der Waals surface area contributed by atoms with Crippen LogP contribution < -0.4 is 30.4 Å². The molecule has 0 unspecified atom stereocenters. The van der Waals surface area contributed by atoms with Crippen LogP contribution in [0.25, 0.3) is 0 Å². The van der Waals surface area contributed by atoms with E-state index >= 15 is 0 Å². The third-order valence-electron chi connectivity index (χ3n) is 4.81. The molecule has 0 aliphatic heterocycles. The molecular formula is C18H23N3O4S. The number of thiocarbonyl (C=S) groups is 1. The van der Waals surface area contributed by atoms with Crippen molar-refractivity contribution >= 4 is 23.2 Å². The Hall–Kier alpha value is -2.48. The number of allylic oxidation sites excluding steroid dienone is 1. The average Bonchev–Trinajstić information content (AvgIpc) is 3.27. The molecule has 1 aromatic carbocycles. The number of carbonyl (C=O) groups is 1. The SMILES string of the molecule is COc1cc(C(=O)NNC(=S)N[C@H]2C[C@H]3C=C[C@H]2C3)cc(OC)c1OC. The zero-order valence-corrected chi connectivity index (χ0v) is 15.8. The topological polar surface area (TPSA) is 80.9 Å². The molecule has 140 valence electrons. The lowest BCUT2D eigenvalue weighted by Crippen LogP contribution is -2.50. The average molecular weight is 377 g/mol. The van der Waals surface area contributed by atoms with E-state index in [9.17, 15) is 4.79 Å². The van der Waals surface area contributed by atoms with Crippen LogP contribution in [0.2, 0.25) is 0 Å². The number of methoxy groups -OCH3 is 3. The van der Waals surface area contributed by atoms with Crippen LogP contribution in [0, 0.1) is 11.8 Å². The van der Waals surface area contributed by atoms with Crippen LogP contribution in [0.4, 0.5) is 0 Å². The summed E-state index contributed by atoms with van der Waals surface area (Å²) in [7, 11) is 4.51. The lowest BCUT2D eigenvalue weighted by Gasteiger charge is -2.22. The molecule has 3 rings (SSSR count). The first-order valence-corrected chi connectivity index (χ1v) is 8.81. The van der Waals surface area contributed by atoms with Gasteiger partial charge in [0.2, 0.25) is 5.75 Å². The van der Waals surface area contributed by atoms with E-state index < -0.39 is 0 Å². The van der Waals surface area contributed by atoms with E-state index in [0.29, 0.717) is 45.8 Å². The Morgan fingerprint density at radius 2 is 1.73 bits per heavy atom. The number of ether oxygens (including phenoxy) is 3. The number of hydrazine groups is 1. The Labute approximate surface area is 158 Å². The summed E-state index contributed by atoms with van der Waals surface area (Å²) in [6.45, 7) is 0. The molecular weight excluding hydrogens is 354 g/mol. The molecule has 3 N–H and O–H groups in total. The fraction of sp³-hybridized carbons (Fsp3) is 0.444. The summed E-state index contributed by atoms with van der Waals surface area (Å²) in [6, 6.07) is 3.48. The van der Waals surface area contributed by atoms with Crippen LogP contribution in [-0.4, -0.2) is 38.4 Å². The van der Waals surface area contributed by atoms with Gasteiger partial charge < -0.3 is 19.5 Å². The maximum atomic E-state index is 12.4. The number of hydrogen-bond acceptors (Lipinski definition) is 5. The van der Waals surface area contributed by atoms with Crippen LogP contribution in [-0.2, 0) is 0 Å². The quantitative estimate of drug-likeness (QED) is 0.410. The lowest BCUT2D eigenvalue weighted by molar-refractivity contribution is 0.0942. The highest BCUT2D eigenvalue weighted by molar-refractivity contribution is 7.80. The van der Waals surface area contributed by atoms with Gasteiger partial charge in [-0.05, 0) is 49.0 Å². The number of hydrogen-bond donors (Lipinski definition) is 3. The molecule has 0 radical (unpaired) electrons. The van der Waals surface area contributed by atoms with E-state index in [-0.39, 0.29) is 5.91 Å². The van der Waals surface area contributed by atoms with E-state index in [1.807, 2.05) is 0 Å². The lowest BCUT2D eigenvalue weighted by atomic mass is 10.0. The first kappa shape index (κ1) is 18.3. The van der Waals surface area contributed by atoms with Gasteiger partial charge in [0.05, 0.1) is 21.3 Å². The Balaban J connectivity index is 1.59. The van der Waals surface area contributed by atoms with Crippen LogP contribution >= 0.6 is 12.2 Å². The Morgan fingerprint density at radius 1 is 1.04 bits per heavy atom. The van der Waals surface area contributed by atoms with E-state index in [2.05, 4.69) is 28.3 Å². The summed E-state index contributed by atoms with van der Waals surface area (Å²) >= 11 is 5.28. The third-order valence-corrected chi connectivity index (χ3v) is 5.03. The van der Waals surface area contributed by atoms with Crippen LogP contribution in [0.15, 0.2) is 24.3 Å². The highest BCUT2D eigenvalue weighted by Crippen LogP contribution is 2.39. The summed E-state index contributed by atoms with van der Waals surface area (Å²) in [4.78, 5) is 12.4. The Bertz CT molecular complexity index is 712. The zero-order valence-electron chi connectivity index (χ0n) is 15.0. The van der Waals surface area contributed by atoms with Gasteiger partial charge in [0.1, 0.15) is 0 Å². The van der Waals surface area contributed by atoms with E-state index in [1.54, 1.807) is 12.1 Å². The van der Waals surface area contributed by atoms with E-state index in [0.717, 1.165) is 6.42 Å². The first-order chi connectivity index (χ1) is 12.5. The molecule has 1 fully saturated rings. The van der Waals surface area contributed by atoms with Gasteiger partial charge in [-0.3, -0.25) is 15.6 Å². The Kier molecular flexibility index (Phi) is 5.51. The largest absolute Gasteiger partial charge is 0.493 e. The summed E-state index contributed by atoms with van der Waals surface area (Å²) in [5.41, 5.74) is 5.71. The van der Waals surface area contributed by atoms with Crippen molar-refractivity contribution in [2.24, 2.45) is 11.8 Å². The van der Waals surface area contributed by atoms with Crippen LogP contribution in [0.5, 0.6) is 17.2 Å². The van der Waals surface area contributed by atoms with Gasteiger partial charge in [0.25, 0.3) is 5.91 Å². The fourth-order valence-corrected chi connectivity index (χ4v) is 3.75. The Morgan fingerprint density at radius 3 is 2.23 bits per heavy atom. The summed E-state index contributed by atoms with van der Waals surface area (Å²) < 4.78 is 15.8. The number of nitrogens with one attached hydrogen (secondary N) is 3. The molecule has 7 nitrogen and oxygen atoms in total. The maximum absolute atomic E-state index is 12.4. The minimum Gasteiger partial charge on any atom is -0.493 e. The van der Waals surface area contributed by atoms with Gasteiger partial charge in [-0.25, -0.2) is 0 Å². The van der Waals surface area contributed by atoms with Gasteiger partial charge in [-0.1, -0.05) is 12.2 Å². The first-order valence-electron chi connectivity index (χ1n) is 8.41. The fourth-order valence-electron chi connectivity index (χ4n) is 3.55. The molecule has 0 spiro atoms. The number of carbonyl (C=O) groups excluding carboxylic acids is 1. The van der Waals surface area contributed by atoms with Crippen molar-refractivity contribution in [3.05, 3.63) is 29.8 Å². The van der Waals surface area contributed by atoms with E-state index in [4.69, 9.17) is 26.4 Å². The highest BCUT2D eigenvalue weighted by Gasteiger charge is 2.35. The van der Waals surface area contributed by atoms with Crippen molar-refractivity contribution in [2.45, 2.75) is 18.9 Å². The summed E-state index contributed by atoms with van der Waals surface area (Å²) in [5, 5.41) is 3.67. The second kappa shape index (κ2) is 7.82. The molecule has 1 aromatic rings. The van der Waals surface area contributed by atoms with Crippen molar-refractivity contribution in [2.75, 3.05) is 21.3 Å². The van der Waals surface area contributed by atoms with Crippen LogP contribution in [0.3, 0.4) is 0 Å². The van der Waals surface area contributed by atoms with Gasteiger partial charge in [-0.2, -0.15) is 0 Å². The van der Waals surface area contributed by atoms with Crippen LogP contribution in [0.1, 0.15) is 23.2 Å². The van der Waals surface area contributed by atoms with Crippen molar-refractivity contribution in [3.8, 4) is 17.2 Å². The number of rotatable bonds is 5. The molecule has 1 amide bonds. The number of fused-ring (bicyclic) bond motifs is 2. The number of amides is 1. The predicted octanol–water partition coefficient (Wildman–Crippen LogP) is 1.79. The minimum absolute atomic E-state index is 0.322. The summed E-state index contributed by atoms with van der Waals surface area (Å²) in [6.07, 6.45) is 6.76. The molecule has 2 aliphatic carbocycles. The minimum atomic E-state index is -0.360. The van der Waals surface area contributed by atoms with Crippen molar-refractivity contribution in [1.29, 1.82) is 0 Å². The monoisotopic (exact) mass is 377 g/mol. The number of benzene rings is 1. The second-order valence-corrected chi connectivity index (χ2v) is 6.76. The molecule has 0 heterocycles. The molecule has 2 bridgehead atoms. The normalized spacial score (nSPS) is 22.7. The van der Waals surface area contributed by atoms with Gasteiger partial charge in [0.15, 0.2) is 16.6 Å². The third kappa shape index (κ3) is 3.70. The molecule has 3 atom stereocenters. The van der Waals surface area contributed by atoms with E-state index in [1.165, 1.54) is 27.8 Å². The molecule has 2 aliphatic rings. The van der Waals surface area contributed by atoms with Gasteiger partial charge >= 0.3 is 0 Å². The standard InChI is InChI=1S/C18H23N3O4S/c1-23-14-8-12(9-15(24-2)16(14)25-3)17(22)20-21-18(26)19-13-7-10-4-5-11(13)6-10/h4-5,8-11,13H,6-7H2,1-3H3,(H,20,22)(H2,19,21,26)/t10-,11-,13-/m0/s1. The van der Waals surface area contributed by atoms with Crippen molar-refractivity contribution in [3.63, 3.8) is 0 Å². The highest BCUT2D eigenvalue weighted by atomic mass is 32.1. The molecule has 1 saturated carbocycles. The van der Waals surface area contributed by atoms with Crippen molar-refractivity contribution in [1.82, 2.24) is 16.2 Å². The zero-order chi connectivity index (χ0) is 18.7. The molecule has 0 saturated heterocycles. The molecule has 0 aromatic heterocycles. The van der Waals surface area contributed by atoms with Gasteiger partial charge in [-0.15, -0.1) is 0 Å². The van der Waals surface area contributed by atoms with Gasteiger partial charge in [0, 0.05) is 11.6 Å².